The Kier molecular flexibility index (Phi) is 6.12. The van der Waals surface area contributed by atoms with E-state index in [0.717, 1.165) is 38.1 Å². The highest BCUT2D eigenvalue weighted by molar-refractivity contribution is 7.99. The Morgan fingerprint density at radius 3 is 3.18 bits per heavy atom. The van der Waals surface area contributed by atoms with Crippen LogP contribution in [0.15, 0.2) is 0 Å². The Hall–Kier alpha value is 0.230. The molecule has 0 aromatic carbocycles. The molecular formula is C13H26N2OS. The average Bonchev–Trinajstić information content (AvgIpc) is 2.83. The predicted molar refractivity (Wildman–Crippen MR) is 74.7 cm³/mol. The minimum atomic E-state index is 0.505. The van der Waals surface area contributed by atoms with Crippen LogP contribution in [0.25, 0.3) is 0 Å². The van der Waals surface area contributed by atoms with Crippen molar-refractivity contribution >= 4 is 11.8 Å². The second-order valence-electron chi connectivity index (χ2n) is 5.09. The molecule has 2 heterocycles. The quantitative estimate of drug-likeness (QED) is 0.707. The van der Waals surface area contributed by atoms with E-state index < -0.39 is 0 Å². The van der Waals surface area contributed by atoms with E-state index in [4.69, 9.17) is 4.74 Å². The van der Waals surface area contributed by atoms with E-state index in [1.165, 1.54) is 30.9 Å². The van der Waals surface area contributed by atoms with Crippen LogP contribution in [0.2, 0.25) is 0 Å². The van der Waals surface area contributed by atoms with E-state index in [2.05, 4.69) is 29.3 Å². The van der Waals surface area contributed by atoms with Gasteiger partial charge < -0.3 is 15.4 Å². The fourth-order valence-electron chi connectivity index (χ4n) is 2.75. The third-order valence-electron chi connectivity index (χ3n) is 3.82. The molecule has 3 unspecified atom stereocenters. The number of rotatable bonds is 6. The molecule has 100 valence electrons. The highest BCUT2D eigenvalue weighted by atomic mass is 32.2. The van der Waals surface area contributed by atoms with Gasteiger partial charge in [0.1, 0.15) is 0 Å². The molecule has 2 aliphatic heterocycles. The largest absolute Gasteiger partial charge is 0.378 e. The van der Waals surface area contributed by atoms with Gasteiger partial charge in [0.2, 0.25) is 0 Å². The van der Waals surface area contributed by atoms with E-state index in [0.29, 0.717) is 6.10 Å². The summed E-state index contributed by atoms with van der Waals surface area (Å²) in [4.78, 5) is 0. The lowest BCUT2D eigenvalue weighted by Gasteiger charge is -2.24. The van der Waals surface area contributed by atoms with Gasteiger partial charge in [-0.25, -0.2) is 0 Å². The van der Waals surface area contributed by atoms with Crippen LogP contribution >= 0.6 is 11.8 Å². The Morgan fingerprint density at radius 1 is 1.47 bits per heavy atom. The average molecular weight is 258 g/mol. The maximum Gasteiger partial charge on any atom is 0.0613 e. The van der Waals surface area contributed by atoms with Crippen LogP contribution < -0.4 is 10.6 Å². The minimum Gasteiger partial charge on any atom is -0.378 e. The molecule has 0 amide bonds. The summed E-state index contributed by atoms with van der Waals surface area (Å²) in [5.74, 6) is 3.31. The van der Waals surface area contributed by atoms with Crippen molar-refractivity contribution in [2.75, 3.05) is 37.7 Å². The monoisotopic (exact) mass is 258 g/mol. The van der Waals surface area contributed by atoms with Gasteiger partial charge >= 0.3 is 0 Å². The number of nitrogens with one attached hydrogen (secondary N) is 2. The first kappa shape index (κ1) is 13.7. The molecule has 0 aromatic rings. The Balaban J connectivity index is 1.53. The van der Waals surface area contributed by atoms with Crippen molar-refractivity contribution in [3.63, 3.8) is 0 Å². The van der Waals surface area contributed by atoms with Crippen LogP contribution in [-0.4, -0.2) is 49.9 Å². The Morgan fingerprint density at radius 2 is 2.41 bits per heavy atom. The first-order valence-corrected chi connectivity index (χ1v) is 8.19. The molecule has 2 fully saturated rings. The zero-order chi connectivity index (χ0) is 11.9. The maximum absolute atomic E-state index is 5.71. The third kappa shape index (κ3) is 4.43. The molecule has 0 radical (unpaired) electrons. The molecule has 2 saturated heterocycles. The van der Waals surface area contributed by atoms with Crippen molar-refractivity contribution in [3.8, 4) is 0 Å². The van der Waals surface area contributed by atoms with E-state index in [-0.39, 0.29) is 0 Å². The smallest absolute Gasteiger partial charge is 0.0613 e. The van der Waals surface area contributed by atoms with Crippen LogP contribution in [0.4, 0.5) is 0 Å². The van der Waals surface area contributed by atoms with Crippen LogP contribution in [0, 0.1) is 5.92 Å². The van der Waals surface area contributed by atoms with E-state index in [1.807, 2.05) is 0 Å². The summed E-state index contributed by atoms with van der Waals surface area (Å²) >= 11 is 2.08. The van der Waals surface area contributed by atoms with Gasteiger partial charge in [-0.05, 0) is 31.7 Å². The van der Waals surface area contributed by atoms with Gasteiger partial charge in [-0.2, -0.15) is 11.8 Å². The van der Waals surface area contributed by atoms with Crippen molar-refractivity contribution in [1.29, 1.82) is 0 Å². The molecular weight excluding hydrogens is 232 g/mol. The van der Waals surface area contributed by atoms with Crippen LogP contribution in [-0.2, 0) is 4.74 Å². The molecule has 0 spiro atoms. The van der Waals surface area contributed by atoms with Gasteiger partial charge in [-0.1, -0.05) is 6.92 Å². The summed E-state index contributed by atoms with van der Waals surface area (Å²) in [5.41, 5.74) is 0. The van der Waals surface area contributed by atoms with Gasteiger partial charge in [-0.3, -0.25) is 0 Å². The van der Waals surface area contributed by atoms with Gasteiger partial charge in [0.15, 0.2) is 0 Å². The fourth-order valence-corrected chi connectivity index (χ4v) is 3.74. The third-order valence-corrected chi connectivity index (χ3v) is 4.95. The molecule has 2 aliphatic rings. The van der Waals surface area contributed by atoms with Crippen molar-refractivity contribution < 1.29 is 4.74 Å². The predicted octanol–water partition coefficient (Wildman–Crippen LogP) is 1.49. The molecule has 2 rings (SSSR count). The van der Waals surface area contributed by atoms with E-state index in [1.54, 1.807) is 0 Å². The van der Waals surface area contributed by atoms with Gasteiger partial charge in [0, 0.05) is 37.2 Å². The second kappa shape index (κ2) is 7.62. The number of hydrogen-bond acceptors (Lipinski definition) is 4. The molecule has 3 atom stereocenters. The van der Waals surface area contributed by atoms with Crippen LogP contribution in [0.1, 0.15) is 26.2 Å². The summed E-state index contributed by atoms with van der Waals surface area (Å²) in [7, 11) is 0. The fraction of sp³-hybridized carbons (Fsp3) is 1.00. The molecule has 0 bridgehead atoms. The first-order valence-electron chi connectivity index (χ1n) is 7.03. The summed E-state index contributed by atoms with van der Waals surface area (Å²) < 4.78 is 5.71. The van der Waals surface area contributed by atoms with E-state index >= 15 is 0 Å². The zero-order valence-corrected chi connectivity index (χ0v) is 11.7. The SMILES string of the molecule is CCC1OCCC1CNCCC1CSCCN1. The zero-order valence-electron chi connectivity index (χ0n) is 10.9. The molecule has 17 heavy (non-hydrogen) atoms. The number of hydrogen-bond donors (Lipinski definition) is 2. The van der Waals surface area contributed by atoms with Crippen molar-refractivity contribution in [2.24, 2.45) is 5.92 Å². The van der Waals surface area contributed by atoms with Gasteiger partial charge in [-0.15, -0.1) is 0 Å². The first-order chi connectivity index (χ1) is 8.40. The normalized spacial score (nSPS) is 34.1. The lowest BCUT2D eigenvalue weighted by molar-refractivity contribution is 0.0873. The summed E-state index contributed by atoms with van der Waals surface area (Å²) in [5, 5.41) is 7.19. The van der Waals surface area contributed by atoms with E-state index in [9.17, 15) is 0 Å². The highest BCUT2D eigenvalue weighted by Gasteiger charge is 2.26. The van der Waals surface area contributed by atoms with Crippen molar-refractivity contribution in [2.45, 2.75) is 38.3 Å². The second-order valence-corrected chi connectivity index (χ2v) is 6.23. The topological polar surface area (TPSA) is 33.3 Å². The lowest BCUT2D eigenvalue weighted by atomic mass is 10.00. The molecule has 0 saturated carbocycles. The molecule has 4 heteroatoms. The number of ether oxygens (including phenoxy) is 1. The molecule has 3 nitrogen and oxygen atoms in total. The van der Waals surface area contributed by atoms with Gasteiger partial charge in [0.25, 0.3) is 0 Å². The molecule has 0 aromatic heterocycles. The van der Waals surface area contributed by atoms with Crippen LogP contribution in [0.3, 0.4) is 0 Å². The molecule has 0 aliphatic carbocycles. The molecule has 2 N–H and O–H groups in total. The van der Waals surface area contributed by atoms with Crippen molar-refractivity contribution in [1.82, 2.24) is 10.6 Å². The van der Waals surface area contributed by atoms with Crippen LogP contribution in [0.5, 0.6) is 0 Å². The summed E-state index contributed by atoms with van der Waals surface area (Å²) in [6, 6.07) is 0.725. The summed E-state index contributed by atoms with van der Waals surface area (Å²) in [6.07, 6.45) is 4.17. The van der Waals surface area contributed by atoms with Gasteiger partial charge in [0.05, 0.1) is 6.10 Å². The highest BCUT2D eigenvalue weighted by Crippen LogP contribution is 2.22. The minimum absolute atomic E-state index is 0.505. The maximum atomic E-state index is 5.71. The Bertz CT molecular complexity index is 210. The summed E-state index contributed by atoms with van der Waals surface area (Å²) in [6.45, 7) is 6.66. The lowest BCUT2D eigenvalue weighted by Crippen LogP contribution is -2.40. The Labute approximate surface area is 109 Å². The number of thioether (sulfide) groups is 1. The van der Waals surface area contributed by atoms with Crippen molar-refractivity contribution in [3.05, 3.63) is 0 Å². The standard InChI is InChI=1S/C13H26N2OS/c1-2-13-11(4-7-16-13)9-14-5-3-12-10-17-8-6-15-12/h11-15H,2-10H2,1H3.